The second-order valence-corrected chi connectivity index (χ2v) is 6.26. The van der Waals surface area contributed by atoms with E-state index in [-0.39, 0.29) is 24.1 Å². The standard InChI is InChI=1S/C18H19F3N4O3/c1-2-28-17(27)14-10-23-25(15(14)18(19,20)21)13-5-3-12(4-6-13)24-16(26)11-7-8-22-9-11/h3-6,10-11,22H,2,7-9H2,1H3,(H,24,26). The zero-order valence-electron chi connectivity index (χ0n) is 15.0. The van der Waals surface area contributed by atoms with Crippen LogP contribution in [0.15, 0.2) is 30.5 Å². The van der Waals surface area contributed by atoms with Crippen molar-refractivity contribution < 1.29 is 27.5 Å². The van der Waals surface area contributed by atoms with E-state index in [1.54, 1.807) is 0 Å². The molecule has 0 spiro atoms. The molecule has 1 amide bonds. The van der Waals surface area contributed by atoms with Crippen LogP contribution in [0.4, 0.5) is 18.9 Å². The number of esters is 1. The number of carbonyl (C=O) groups excluding carboxylic acids is 2. The normalized spacial score (nSPS) is 16.8. The summed E-state index contributed by atoms with van der Waals surface area (Å²) in [6.45, 7) is 2.83. The predicted octanol–water partition coefficient (Wildman–Crippen LogP) is 2.62. The number of nitrogens with one attached hydrogen (secondary N) is 2. The number of ether oxygens (including phenoxy) is 1. The lowest BCUT2D eigenvalue weighted by Gasteiger charge is -2.13. The molecule has 1 aromatic heterocycles. The number of aromatic nitrogens is 2. The van der Waals surface area contributed by atoms with Crippen molar-refractivity contribution in [2.45, 2.75) is 19.5 Å². The fourth-order valence-corrected chi connectivity index (χ4v) is 2.98. The lowest BCUT2D eigenvalue weighted by atomic mass is 10.1. The molecule has 0 bridgehead atoms. The molecular formula is C18H19F3N4O3. The highest BCUT2D eigenvalue weighted by molar-refractivity contribution is 5.93. The minimum atomic E-state index is -4.80. The molecule has 1 unspecified atom stereocenters. The summed E-state index contributed by atoms with van der Waals surface area (Å²) < 4.78 is 45.9. The minimum Gasteiger partial charge on any atom is -0.462 e. The Kier molecular flexibility index (Phi) is 5.68. The second kappa shape index (κ2) is 8.01. The van der Waals surface area contributed by atoms with Crippen molar-refractivity contribution >= 4 is 17.6 Å². The predicted molar refractivity (Wildman–Crippen MR) is 94.1 cm³/mol. The molecule has 10 heteroatoms. The van der Waals surface area contributed by atoms with Gasteiger partial charge in [0.2, 0.25) is 5.91 Å². The minimum absolute atomic E-state index is 0.0494. The quantitative estimate of drug-likeness (QED) is 0.759. The lowest BCUT2D eigenvalue weighted by Crippen LogP contribution is -2.24. The van der Waals surface area contributed by atoms with Gasteiger partial charge in [0.1, 0.15) is 5.56 Å². The number of carbonyl (C=O) groups is 2. The summed E-state index contributed by atoms with van der Waals surface area (Å²) in [5, 5.41) is 9.55. The van der Waals surface area contributed by atoms with E-state index in [2.05, 4.69) is 20.5 Å². The van der Waals surface area contributed by atoms with Crippen molar-refractivity contribution in [2.75, 3.05) is 25.0 Å². The van der Waals surface area contributed by atoms with E-state index in [0.29, 0.717) is 16.9 Å². The Bertz CT molecular complexity index is 856. The van der Waals surface area contributed by atoms with Crippen molar-refractivity contribution in [3.63, 3.8) is 0 Å². The lowest BCUT2D eigenvalue weighted by molar-refractivity contribution is -0.143. The largest absolute Gasteiger partial charge is 0.462 e. The Labute approximate surface area is 158 Å². The molecule has 0 aliphatic carbocycles. The van der Waals surface area contributed by atoms with Gasteiger partial charge < -0.3 is 15.4 Å². The third kappa shape index (κ3) is 4.16. The van der Waals surface area contributed by atoms with Gasteiger partial charge in [0.05, 0.1) is 24.4 Å². The first-order valence-electron chi connectivity index (χ1n) is 8.75. The molecule has 7 nitrogen and oxygen atoms in total. The van der Waals surface area contributed by atoms with Gasteiger partial charge in [-0.3, -0.25) is 4.79 Å². The summed E-state index contributed by atoms with van der Waals surface area (Å²) in [6.07, 6.45) is -3.23. The van der Waals surface area contributed by atoms with Gasteiger partial charge in [-0.25, -0.2) is 9.48 Å². The van der Waals surface area contributed by atoms with Gasteiger partial charge >= 0.3 is 12.1 Å². The summed E-state index contributed by atoms with van der Waals surface area (Å²) in [7, 11) is 0. The van der Waals surface area contributed by atoms with Gasteiger partial charge in [-0.1, -0.05) is 0 Å². The van der Waals surface area contributed by atoms with Crippen LogP contribution < -0.4 is 10.6 Å². The highest BCUT2D eigenvalue weighted by Crippen LogP contribution is 2.34. The first kappa shape index (κ1) is 19.9. The highest BCUT2D eigenvalue weighted by Gasteiger charge is 2.41. The number of anilines is 1. The van der Waals surface area contributed by atoms with Gasteiger partial charge in [-0.05, 0) is 44.2 Å². The Hall–Kier alpha value is -2.88. The maximum atomic E-state index is 13.5. The number of rotatable bonds is 5. The molecule has 1 fully saturated rings. The molecule has 0 radical (unpaired) electrons. The molecule has 1 aliphatic rings. The Morgan fingerprint density at radius 1 is 1.32 bits per heavy atom. The SMILES string of the molecule is CCOC(=O)c1cnn(-c2ccc(NC(=O)C3CCNC3)cc2)c1C(F)(F)F. The summed E-state index contributed by atoms with van der Waals surface area (Å²) in [5.41, 5.74) is -1.30. The number of alkyl halides is 3. The molecule has 1 atom stereocenters. The first-order valence-corrected chi connectivity index (χ1v) is 8.75. The monoisotopic (exact) mass is 396 g/mol. The number of benzene rings is 1. The van der Waals surface area contributed by atoms with E-state index >= 15 is 0 Å². The summed E-state index contributed by atoms with van der Waals surface area (Å²) in [4.78, 5) is 24.0. The Morgan fingerprint density at radius 2 is 2.04 bits per heavy atom. The van der Waals surface area contributed by atoms with Gasteiger partial charge in [0, 0.05) is 12.2 Å². The van der Waals surface area contributed by atoms with E-state index in [1.165, 1.54) is 31.2 Å². The van der Waals surface area contributed by atoms with Crippen molar-refractivity contribution in [2.24, 2.45) is 5.92 Å². The van der Waals surface area contributed by atoms with Gasteiger partial charge in [0.25, 0.3) is 0 Å². The molecule has 28 heavy (non-hydrogen) atoms. The fraction of sp³-hybridized carbons (Fsp3) is 0.389. The van der Waals surface area contributed by atoms with E-state index < -0.39 is 23.4 Å². The Balaban J connectivity index is 1.85. The third-order valence-corrected chi connectivity index (χ3v) is 4.34. The summed E-state index contributed by atoms with van der Waals surface area (Å²) in [6, 6.07) is 5.75. The van der Waals surface area contributed by atoms with Crippen LogP contribution in [0.25, 0.3) is 5.69 Å². The number of hydrogen-bond donors (Lipinski definition) is 2. The first-order chi connectivity index (χ1) is 13.3. The average Bonchev–Trinajstić information content (AvgIpc) is 3.32. The maximum Gasteiger partial charge on any atom is 0.434 e. The molecule has 2 N–H and O–H groups in total. The third-order valence-electron chi connectivity index (χ3n) is 4.34. The van der Waals surface area contributed by atoms with Gasteiger partial charge in [-0.15, -0.1) is 0 Å². The van der Waals surface area contributed by atoms with Crippen LogP contribution in [0, 0.1) is 5.92 Å². The summed E-state index contributed by atoms with van der Waals surface area (Å²) in [5.74, 6) is -1.36. The van der Waals surface area contributed by atoms with Crippen LogP contribution in [0.1, 0.15) is 29.4 Å². The maximum absolute atomic E-state index is 13.5. The van der Waals surface area contributed by atoms with E-state index in [0.717, 1.165) is 19.2 Å². The molecule has 3 rings (SSSR count). The molecule has 0 saturated carbocycles. The molecule has 150 valence electrons. The Morgan fingerprint density at radius 3 is 2.61 bits per heavy atom. The molecule has 1 aromatic carbocycles. The van der Waals surface area contributed by atoms with E-state index in [4.69, 9.17) is 0 Å². The second-order valence-electron chi connectivity index (χ2n) is 6.26. The fourth-order valence-electron chi connectivity index (χ4n) is 2.98. The van der Waals surface area contributed by atoms with Crippen LogP contribution in [0.2, 0.25) is 0 Å². The molecule has 1 aliphatic heterocycles. The van der Waals surface area contributed by atoms with Crippen molar-refractivity contribution in [1.82, 2.24) is 15.1 Å². The van der Waals surface area contributed by atoms with Gasteiger partial charge in [0.15, 0.2) is 5.69 Å². The zero-order chi connectivity index (χ0) is 20.3. The van der Waals surface area contributed by atoms with Gasteiger partial charge in [-0.2, -0.15) is 18.3 Å². The van der Waals surface area contributed by atoms with E-state index in [1.807, 2.05) is 0 Å². The zero-order valence-corrected chi connectivity index (χ0v) is 15.0. The molecule has 2 heterocycles. The van der Waals surface area contributed by atoms with Crippen molar-refractivity contribution in [3.05, 3.63) is 41.7 Å². The number of nitrogens with zero attached hydrogens (tertiary/aromatic N) is 2. The highest BCUT2D eigenvalue weighted by atomic mass is 19.4. The number of hydrogen-bond acceptors (Lipinski definition) is 5. The van der Waals surface area contributed by atoms with Crippen LogP contribution in [-0.4, -0.2) is 41.4 Å². The van der Waals surface area contributed by atoms with Crippen LogP contribution in [0.3, 0.4) is 0 Å². The molecular weight excluding hydrogens is 377 g/mol. The molecule has 1 saturated heterocycles. The molecule has 2 aromatic rings. The number of halogens is 3. The van der Waals surface area contributed by atoms with Crippen LogP contribution in [0.5, 0.6) is 0 Å². The smallest absolute Gasteiger partial charge is 0.434 e. The van der Waals surface area contributed by atoms with Crippen LogP contribution >= 0.6 is 0 Å². The van der Waals surface area contributed by atoms with Crippen molar-refractivity contribution in [3.8, 4) is 5.69 Å². The van der Waals surface area contributed by atoms with Crippen LogP contribution in [-0.2, 0) is 15.7 Å². The van der Waals surface area contributed by atoms with Crippen molar-refractivity contribution in [1.29, 1.82) is 0 Å². The van der Waals surface area contributed by atoms with E-state index in [9.17, 15) is 22.8 Å². The topological polar surface area (TPSA) is 85.2 Å². The number of amides is 1. The summed E-state index contributed by atoms with van der Waals surface area (Å²) >= 11 is 0. The average molecular weight is 396 g/mol.